The van der Waals surface area contributed by atoms with E-state index in [1.54, 1.807) is 0 Å². The SMILES string of the molecule is CC(C)CC[C@H](C)NC(=O)CSc1nc2ccccc2o1. The number of benzene rings is 1. The van der Waals surface area contributed by atoms with Gasteiger partial charge in [-0.2, -0.15) is 0 Å². The Labute approximate surface area is 129 Å². The monoisotopic (exact) mass is 306 g/mol. The van der Waals surface area contributed by atoms with Crippen LogP contribution in [-0.4, -0.2) is 22.7 Å². The smallest absolute Gasteiger partial charge is 0.257 e. The zero-order chi connectivity index (χ0) is 15.2. The number of oxazole rings is 1. The molecule has 2 rings (SSSR count). The first-order valence-electron chi connectivity index (χ1n) is 7.32. The van der Waals surface area contributed by atoms with Crippen molar-refractivity contribution in [3.8, 4) is 0 Å². The Morgan fingerprint density at radius 2 is 2.05 bits per heavy atom. The Morgan fingerprint density at radius 1 is 1.29 bits per heavy atom. The summed E-state index contributed by atoms with van der Waals surface area (Å²) < 4.78 is 5.57. The zero-order valence-electron chi connectivity index (χ0n) is 12.8. The van der Waals surface area contributed by atoms with Crippen LogP contribution in [0.25, 0.3) is 11.1 Å². The normalized spacial score (nSPS) is 12.8. The van der Waals surface area contributed by atoms with Gasteiger partial charge in [-0.3, -0.25) is 4.79 Å². The van der Waals surface area contributed by atoms with Crippen molar-refractivity contribution >= 4 is 28.8 Å². The number of fused-ring (bicyclic) bond motifs is 1. The minimum Gasteiger partial charge on any atom is -0.431 e. The predicted molar refractivity (Wildman–Crippen MR) is 86.4 cm³/mol. The third kappa shape index (κ3) is 5.08. The molecule has 0 aliphatic heterocycles. The number of thioether (sulfide) groups is 1. The number of para-hydroxylation sites is 2. The molecule has 1 N–H and O–H groups in total. The Bertz CT molecular complexity index is 562. The number of aromatic nitrogens is 1. The molecule has 0 saturated heterocycles. The van der Waals surface area contributed by atoms with Crippen LogP contribution in [0.2, 0.25) is 0 Å². The van der Waals surface area contributed by atoms with Gasteiger partial charge in [0.05, 0.1) is 5.75 Å². The van der Waals surface area contributed by atoms with E-state index in [0.717, 1.165) is 23.9 Å². The second kappa shape index (κ2) is 7.50. The molecular formula is C16H22N2O2S. The van der Waals surface area contributed by atoms with Crippen molar-refractivity contribution in [3.63, 3.8) is 0 Å². The van der Waals surface area contributed by atoms with Gasteiger partial charge < -0.3 is 9.73 Å². The highest BCUT2D eigenvalue weighted by Crippen LogP contribution is 2.22. The number of rotatable bonds is 7. The molecule has 1 heterocycles. The lowest BCUT2D eigenvalue weighted by Crippen LogP contribution is -2.34. The van der Waals surface area contributed by atoms with Gasteiger partial charge in [0.1, 0.15) is 5.52 Å². The first-order valence-corrected chi connectivity index (χ1v) is 8.31. The Morgan fingerprint density at radius 3 is 2.76 bits per heavy atom. The maximum absolute atomic E-state index is 11.9. The Balaban J connectivity index is 1.78. The molecule has 0 aliphatic rings. The van der Waals surface area contributed by atoms with Crippen LogP contribution >= 0.6 is 11.8 Å². The molecule has 4 nitrogen and oxygen atoms in total. The van der Waals surface area contributed by atoms with E-state index in [1.807, 2.05) is 31.2 Å². The number of carbonyl (C=O) groups is 1. The Kier molecular flexibility index (Phi) is 5.67. The molecule has 0 spiro atoms. The number of hydrogen-bond acceptors (Lipinski definition) is 4. The molecule has 0 saturated carbocycles. The second-order valence-corrected chi connectivity index (χ2v) is 6.60. The van der Waals surface area contributed by atoms with Crippen LogP contribution in [0, 0.1) is 5.92 Å². The van der Waals surface area contributed by atoms with Crippen molar-refractivity contribution in [1.29, 1.82) is 0 Å². The summed E-state index contributed by atoms with van der Waals surface area (Å²) in [6, 6.07) is 7.81. The lowest BCUT2D eigenvalue weighted by Gasteiger charge is -2.14. The molecule has 5 heteroatoms. The van der Waals surface area contributed by atoms with Crippen molar-refractivity contribution in [2.24, 2.45) is 5.92 Å². The van der Waals surface area contributed by atoms with Crippen LogP contribution in [0.5, 0.6) is 0 Å². The summed E-state index contributed by atoms with van der Waals surface area (Å²) in [6.07, 6.45) is 2.14. The third-order valence-corrected chi connectivity index (χ3v) is 4.01. The van der Waals surface area contributed by atoms with E-state index in [-0.39, 0.29) is 11.9 Å². The van der Waals surface area contributed by atoms with E-state index in [9.17, 15) is 4.79 Å². The maximum Gasteiger partial charge on any atom is 0.257 e. The highest BCUT2D eigenvalue weighted by molar-refractivity contribution is 7.99. The van der Waals surface area contributed by atoms with Crippen LogP contribution in [0.3, 0.4) is 0 Å². The van der Waals surface area contributed by atoms with Gasteiger partial charge in [-0.15, -0.1) is 0 Å². The van der Waals surface area contributed by atoms with Crippen LogP contribution in [-0.2, 0) is 4.79 Å². The molecule has 0 radical (unpaired) electrons. The highest BCUT2D eigenvalue weighted by atomic mass is 32.2. The molecule has 1 amide bonds. The number of carbonyl (C=O) groups excluding carboxylic acids is 1. The average molecular weight is 306 g/mol. The fraction of sp³-hybridized carbons (Fsp3) is 0.500. The summed E-state index contributed by atoms with van der Waals surface area (Å²) in [4.78, 5) is 16.2. The first-order chi connectivity index (χ1) is 10.0. The van der Waals surface area contributed by atoms with Gasteiger partial charge in [-0.05, 0) is 37.8 Å². The van der Waals surface area contributed by atoms with Gasteiger partial charge in [-0.25, -0.2) is 4.98 Å². The van der Waals surface area contributed by atoms with E-state index in [4.69, 9.17) is 4.42 Å². The molecule has 0 unspecified atom stereocenters. The van der Waals surface area contributed by atoms with Crippen molar-refractivity contribution in [2.45, 2.75) is 44.9 Å². The van der Waals surface area contributed by atoms with Gasteiger partial charge in [0, 0.05) is 6.04 Å². The van der Waals surface area contributed by atoms with E-state index < -0.39 is 0 Å². The molecule has 1 aromatic carbocycles. The predicted octanol–water partition coefficient (Wildman–Crippen LogP) is 3.86. The van der Waals surface area contributed by atoms with Crippen LogP contribution < -0.4 is 5.32 Å². The largest absolute Gasteiger partial charge is 0.431 e. The van der Waals surface area contributed by atoms with Crippen LogP contribution in [0.15, 0.2) is 33.9 Å². The fourth-order valence-electron chi connectivity index (χ4n) is 2.01. The number of amides is 1. The van der Waals surface area contributed by atoms with E-state index in [2.05, 4.69) is 24.1 Å². The molecule has 1 aromatic heterocycles. The zero-order valence-corrected chi connectivity index (χ0v) is 13.6. The van der Waals surface area contributed by atoms with E-state index >= 15 is 0 Å². The highest BCUT2D eigenvalue weighted by Gasteiger charge is 2.11. The van der Waals surface area contributed by atoms with Crippen LogP contribution in [0.4, 0.5) is 0 Å². The summed E-state index contributed by atoms with van der Waals surface area (Å²) in [6.45, 7) is 6.43. The van der Waals surface area contributed by atoms with Gasteiger partial charge in [0.25, 0.3) is 5.22 Å². The van der Waals surface area contributed by atoms with Gasteiger partial charge >= 0.3 is 0 Å². The summed E-state index contributed by atoms with van der Waals surface area (Å²) in [7, 11) is 0. The first kappa shape index (κ1) is 15.9. The lowest BCUT2D eigenvalue weighted by atomic mass is 10.0. The lowest BCUT2D eigenvalue weighted by molar-refractivity contribution is -0.119. The minimum absolute atomic E-state index is 0.0264. The van der Waals surface area contributed by atoms with Crippen molar-refractivity contribution in [2.75, 3.05) is 5.75 Å². The molecule has 0 aliphatic carbocycles. The van der Waals surface area contributed by atoms with Crippen molar-refractivity contribution in [1.82, 2.24) is 10.3 Å². The fourth-order valence-corrected chi connectivity index (χ4v) is 2.66. The van der Waals surface area contributed by atoms with Gasteiger partial charge in [0.2, 0.25) is 5.91 Å². The topological polar surface area (TPSA) is 55.1 Å². The molecule has 0 bridgehead atoms. The molecule has 1 atom stereocenters. The summed E-state index contributed by atoms with van der Waals surface area (Å²) in [5, 5.41) is 3.55. The summed E-state index contributed by atoms with van der Waals surface area (Å²) in [5.41, 5.74) is 1.58. The molecule has 0 fully saturated rings. The standard InChI is InChI=1S/C16H22N2O2S/c1-11(2)8-9-12(3)17-15(19)10-21-16-18-13-6-4-5-7-14(13)20-16/h4-7,11-12H,8-10H2,1-3H3,(H,17,19)/t12-/m0/s1. The number of nitrogens with one attached hydrogen (secondary N) is 1. The summed E-state index contributed by atoms with van der Waals surface area (Å²) in [5.74, 6) is 1.02. The van der Waals surface area contributed by atoms with Gasteiger partial charge in [0.15, 0.2) is 5.58 Å². The quantitative estimate of drug-likeness (QED) is 0.789. The van der Waals surface area contributed by atoms with E-state index in [0.29, 0.717) is 16.9 Å². The molecule has 114 valence electrons. The van der Waals surface area contributed by atoms with Gasteiger partial charge in [-0.1, -0.05) is 37.7 Å². The number of hydrogen-bond donors (Lipinski definition) is 1. The van der Waals surface area contributed by atoms with Crippen LogP contribution in [0.1, 0.15) is 33.6 Å². The molecule has 21 heavy (non-hydrogen) atoms. The van der Waals surface area contributed by atoms with Crippen molar-refractivity contribution < 1.29 is 9.21 Å². The minimum atomic E-state index is 0.0264. The summed E-state index contributed by atoms with van der Waals surface area (Å²) >= 11 is 1.33. The number of nitrogens with zero attached hydrogens (tertiary/aromatic N) is 1. The maximum atomic E-state index is 11.9. The third-order valence-electron chi connectivity index (χ3n) is 3.19. The van der Waals surface area contributed by atoms with E-state index in [1.165, 1.54) is 11.8 Å². The van der Waals surface area contributed by atoms with Crippen molar-refractivity contribution in [3.05, 3.63) is 24.3 Å². The second-order valence-electron chi connectivity index (χ2n) is 5.68. The molecule has 2 aromatic rings. The Hall–Kier alpha value is -1.49. The molecular weight excluding hydrogens is 284 g/mol. The average Bonchev–Trinajstić information content (AvgIpc) is 2.86.